The summed E-state index contributed by atoms with van der Waals surface area (Å²) in [7, 11) is 0. The van der Waals surface area contributed by atoms with Gasteiger partial charge in [-0.1, -0.05) is 18.2 Å². The molecule has 0 fully saturated rings. The van der Waals surface area contributed by atoms with E-state index in [0.29, 0.717) is 0 Å². The predicted octanol–water partition coefficient (Wildman–Crippen LogP) is 3.61. The molecule has 2 rings (SSSR count). The van der Waals surface area contributed by atoms with Crippen LogP contribution in [0.2, 0.25) is 0 Å². The normalized spacial score (nSPS) is 12.6. The summed E-state index contributed by atoms with van der Waals surface area (Å²) in [5.41, 5.74) is 5.14. The Bertz CT molecular complexity index is 560. The van der Waals surface area contributed by atoms with E-state index in [1.165, 1.54) is 22.6 Å². The summed E-state index contributed by atoms with van der Waals surface area (Å²) in [6.07, 6.45) is 0.257. The lowest BCUT2D eigenvalue weighted by Gasteiger charge is -2.13. The Morgan fingerprint density at radius 1 is 1.19 bits per heavy atom. The number of hydrogen-bond donors (Lipinski definition) is 1. The van der Waals surface area contributed by atoms with Crippen LogP contribution in [-0.4, -0.2) is 23.8 Å². The van der Waals surface area contributed by atoms with Crippen molar-refractivity contribution in [1.29, 1.82) is 0 Å². The molecule has 0 aliphatic heterocycles. The Kier molecular flexibility index (Phi) is 5.59. The van der Waals surface area contributed by atoms with Crippen molar-refractivity contribution in [3.8, 4) is 5.69 Å². The number of rotatable bonds is 7. The van der Waals surface area contributed by atoms with E-state index in [1.54, 1.807) is 0 Å². The van der Waals surface area contributed by atoms with Crippen LogP contribution >= 0.6 is 0 Å². The Balaban J connectivity index is 2.06. The number of aromatic nitrogens is 1. The summed E-state index contributed by atoms with van der Waals surface area (Å²) >= 11 is 0. The van der Waals surface area contributed by atoms with Gasteiger partial charge in [-0.3, -0.25) is 0 Å². The average molecular weight is 286 g/mol. The minimum atomic E-state index is 0.257. The zero-order valence-electron chi connectivity index (χ0n) is 13.5. The summed E-state index contributed by atoms with van der Waals surface area (Å²) in [6, 6.07) is 12.8. The molecule has 0 saturated carbocycles. The lowest BCUT2D eigenvalue weighted by Crippen LogP contribution is -2.26. The number of benzene rings is 1. The third kappa shape index (κ3) is 3.96. The molecule has 3 nitrogen and oxygen atoms in total. The molecule has 0 aliphatic carbocycles. The van der Waals surface area contributed by atoms with E-state index in [2.05, 4.69) is 67.1 Å². The van der Waals surface area contributed by atoms with Crippen LogP contribution in [-0.2, 0) is 11.3 Å². The van der Waals surface area contributed by atoms with E-state index in [4.69, 9.17) is 4.74 Å². The molecule has 0 saturated heterocycles. The van der Waals surface area contributed by atoms with Gasteiger partial charge in [0.05, 0.1) is 6.10 Å². The molecule has 1 aromatic heterocycles. The van der Waals surface area contributed by atoms with Crippen LogP contribution in [0.25, 0.3) is 5.69 Å². The second kappa shape index (κ2) is 7.43. The number of para-hydroxylation sites is 1. The van der Waals surface area contributed by atoms with E-state index in [1.807, 2.05) is 6.92 Å². The second-order valence-corrected chi connectivity index (χ2v) is 5.46. The number of hydrogen-bond acceptors (Lipinski definition) is 2. The van der Waals surface area contributed by atoms with Gasteiger partial charge < -0.3 is 14.6 Å². The Morgan fingerprint density at radius 2 is 1.90 bits per heavy atom. The van der Waals surface area contributed by atoms with Crippen molar-refractivity contribution in [2.24, 2.45) is 0 Å². The minimum absolute atomic E-state index is 0.257. The molecule has 0 amide bonds. The maximum Gasteiger partial charge on any atom is 0.0671 e. The minimum Gasteiger partial charge on any atom is -0.377 e. The SMILES string of the molecule is CCOC(C)CNCc1cc(C)n(-c2ccccc2)c1C. The van der Waals surface area contributed by atoms with Gasteiger partial charge in [-0.2, -0.15) is 0 Å². The molecule has 114 valence electrons. The molecular formula is C18H26N2O. The topological polar surface area (TPSA) is 26.2 Å². The van der Waals surface area contributed by atoms with Crippen LogP contribution in [0, 0.1) is 13.8 Å². The molecule has 3 heteroatoms. The van der Waals surface area contributed by atoms with Crippen LogP contribution in [0.1, 0.15) is 30.8 Å². The Labute approximate surface area is 127 Å². The van der Waals surface area contributed by atoms with Gasteiger partial charge in [-0.15, -0.1) is 0 Å². The van der Waals surface area contributed by atoms with Gasteiger partial charge in [0.2, 0.25) is 0 Å². The van der Waals surface area contributed by atoms with Gasteiger partial charge in [-0.25, -0.2) is 0 Å². The number of nitrogens with one attached hydrogen (secondary N) is 1. The monoisotopic (exact) mass is 286 g/mol. The summed E-state index contributed by atoms with van der Waals surface area (Å²) in [4.78, 5) is 0. The Hall–Kier alpha value is -1.58. The van der Waals surface area contributed by atoms with Crippen molar-refractivity contribution in [2.75, 3.05) is 13.2 Å². The molecule has 21 heavy (non-hydrogen) atoms. The number of ether oxygens (including phenoxy) is 1. The molecular weight excluding hydrogens is 260 g/mol. The predicted molar refractivity (Wildman–Crippen MR) is 88.0 cm³/mol. The molecule has 1 aromatic carbocycles. The van der Waals surface area contributed by atoms with Crippen molar-refractivity contribution in [3.05, 3.63) is 53.3 Å². The number of aryl methyl sites for hydroxylation is 1. The molecule has 0 spiro atoms. The molecule has 0 radical (unpaired) electrons. The number of nitrogens with zero attached hydrogens (tertiary/aromatic N) is 1. The first-order valence-electron chi connectivity index (χ1n) is 7.69. The fraction of sp³-hybridized carbons (Fsp3) is 0.444. The lowest BCUT2D eigenvalue weighted by molar-refractivity contribution is 0.0759. The summed E-state index contributed by atoms with van der Waals surface area (Å²) < 4.78 is 7.85. The fourth-order valence-corrected chi connectivity index (χ4v) is 2.74. The zero-order valence-corrected chi connectivity index (χ0v) is 13.5. The molecule has 1 atom stereocenters. The van der Waals surface area contributed by atoms with Crippen molar-refractivity contribution in [2.45, 2.75) is 40.3 Å². The first-order chi connectivity index (χ1) is 10.1. The second-order valence-electron chi connectivity index (χ2n) is 5.46. The van der Waals surface area contributed by atoms with Crippen molar-refractivity contribution < 1.29 is 4.74 Å². The fourth-order valence-electron chi connectivity index (χ4n) is 2.74. The highest BCUT2D eigenvalue weighted by molar-refractivity contribution is 5.40. The average Bonchev–Trinajstić information content (AvgIpc) is 2.75. The van der Waals surface area contributed by atoms with Gasteiger partial charge in [-0.05, 0) is 51.5 Å². The van der Waals surface area contributed by atoms with E-state index >= 15 is 0 Å². The lowest BCUT2D eigenvalue weighted by atomic mass is 10.2. The van der Waals surface area contributed by atoms with Gasteiger partial charge in [0.25, 0.3) is 0 Å². The van der Waals surface area contributed by atoms with E-state index in [0.717, 1.165) is 19.7 Å². The van der Waals surface area contributed by atoms with Crippen molar-refractivity contribution in [3.63, 3.8) is 0 Å². The van der Waals surface area contributed by atoms with Crippen LogP contribution in [0.3, 0.4) is 0 Å². The highest BCUT2D eigenvalue weighted by Crippen LogP contribution is 2.20. The largest absolute Gasteiger partial charge is 0.377 e. The molecule has 1 heterocycles. The van der Waals surface area contributed by atoms with Crippen molar-refractivity contribution in [1.82, 2.24) is 9.88 Å². The molecule has 0 bridgehead atoms. The van der Waals surface area contributed by atoms with E-state index < -0.39 is 0 Å². The first-order valence-corrected chi connectivity index (χ1v) is 7.69. The first kappa shape index (κ1) is 15.8. The van der Waals surface area contributed by atoms with Gasteiger partial charge in [0, 0.05) is 36.8 Å². The van der Waals surface area contributed by atoms with Crippen molar-refractivity contribution >= 4 is 0 Å². The maximum absolute atomic E-state index is 5.54. The van der Waals surface area contributed by atoms with Gasteiger partial charge in [0.1, 0.15) is 0 Å². The van der Waals surface area contributed by atoms with Crippen LogP contribution < -0.4 is 5.32 Å². The van der Waals surface area contributed by atoms with Crippen LogP contribution in [0.15, 0.2) is 36.4 Å². The summed E-state index contributed by atoms with van der Waals surface area (Å²) in [5, 5.41) is 3.48. The quantitative estimate of drug-likeness (QED) is 0.841. The molecule has 1 N–H and O–H groups in total. The smallest absolute Gasteiger partial charge is 0.0671 e. The summed E-state index contributed by atoms with van der Waals surface area (Å²) in [6.45, 7) is 11.0. The standard InChI is InChI=1S/C18H26N2O/c1-5-21-15(3)12-19-13-17-11-14(2)20(16(17)4)18-9-7-6-8-10-18/h6-11,15,19H,5,12-13H2,1-4H3. The molecule has 1 unspecified atom stereocenters. The van der Waals surface area contributed by atoms with E-state index in [-0.39, 0.29) is 6.10 Å². The van der Waals surface area contributed by atoms with Crippen LogP contribution in [0.4, 0.5) is 0 Å². The molecule has 0 aliphatic rings. The third-order valence-electron chi connectivity index (χ3n) is 3.75. The van der Waals surface area contributed by atoms with E-state index in [9.17, 15) is 0 Å². The summed E-state index contributed by atoms with van der Waals surface area (Å²) in [5.74, 6) is 0. The Morgan fingerprint density at radius 3 is 2.57 bits per heavy atom. The highest BCUT2D eigenvalue weighted by atomic mass is 16.5. The highest BCUT2D eigenvalue weighted by Gasteiger charge is 2.10. The zero-order chi connectivity index (χ0) is 15.2. The molecule has 2 aromatic rings. The van der Waals surface area contributed by atoms with Crippen LogP contribution in [0.5, 0.6) is 0 Å². The van der Waals surface area contributed by atoms with Gasteiger partial charge in [0.15, 0.2) is 0 Å². The maximum atomic E-state index is 5.54. The van der Waals surface area contributed by atoms with Gasteiger partial charge >= 0.3 is 0 Å². The third-order valence-corrected chi connectivity index (χ3v) is 3.75.